The molecule has 8 nitrogen and oxygen atoms in total. The standard InChI is InChI=1S/C59H95N2O6P/c1-6-8-10-12-14-15-16-17-18-19-20-21-22-23-24-25-26-27-28-29-30-31-32-33-34-35-36-37-38-39-40-41-42-43-44-45-47-49-51-53-59(63)60-57(58(62)52-50-48-46-13-11-9-7-2)56-67-68(64,65)66-55-54-61(3,4)5/h8,10-11,13-15,17-18,20-21,23-24,26-27,29-30,32-33,35-36,38-39,41-42,50,52,57-58,62H,6-7,9,12,16,19,22,25,28,31,34,37,40,43-49,51,53-56H2,1-5H3,(H-,60,63,64,65)/p+1/b10-8-,13-11+,15-14-,18-17-,21-20-,24-23-,27-26-,30-29-,33-32-,36-35-,39-38-,42-41-,52-50+. The topological polar surface area (TPSA) is 105 Å². The quantitative estimate of drug-likeness (QED) is 0.0243. The third-order valence-electron chi connectivity index (χ3n) is 10.2. The van der Waals surface area contributed by atoms with Crippen LogP contribution in [-0.2, 0) is 18.4 Å². The zero-order valence-corrected chi connectivity index (χ0v) is 44.2. The van der Waals surface area contributed by atoms with Gasteiger partial charge in [0.25, 0.3) is 0 Å². The van der Waals surface area contributed by atoms with Gasteiger partial charge >= 0.3 is 7.82 Å². The van der Waals surface area contributed by atoms with Gasteiger partial charge in [-0.2, -0.15) is 0 Å². The van der Waals surface area contributed by atoms with E-state index in [1.54, 1.807) is 6.08 Å². The molecular formula is C59H96N2O6P+. The number of rotatable bonds is 44. The zero-order chi connectivity index (χ0) is 49.9. The Kier molecular flexibility index (Phi) is 45.4. The van der Waals surface area contributed by atoms with Crippen LogP contribution in [0, 0.1) is 0 Å². The van der Waals surface area contributed by atoms with Crippen LogP contribution in [0.3, 0.4) is 0 Å². The number of nitrogens with one attached hydrogen (secondary N) is 1. The van der Waals surface area contributed by atoms with Gasteiger partial charge in [-0.05, 0) is 109 Å². The lowest BCUT2D eigenvalue weighted by Crippen LogP contribution is -2.45. The number of allylic oxidation sites excluding steroid dienone is 25. The highest BCUT2D eigenvalue weighted by molar-refractivity contribution is 7.47. The number of aliphatic hydroxyl groups excluding tert-OH is 1. The molecule has 0 aliphatic rings. The zero-order valence-electron chi connectivity index (χ0n) is 43.3. The molecule has 0 saturated carbocycles. The molecule has 0 bridgehead atoms. The number of likely N-dealkylation sites (N-methyl/N-ethyl adjacent to an activating group) is 1. The summed E-state index contributed by atoms with van der Waals surface area (Å²) in [6, 6.07) is -0.882. The molecule has 0 aliphatic heterocycles. The number of quaternary nitrogens is 1. The average Bonchev–Trinajstić information content (AvgIpc) is 3.30. The van der Waals surface area contributed by atoms with Crippen LogP contribution in [0.15, 0.2) is 158 Å². The number of phosphoric acid groups is 1. The van der Waals surface area contributed by atoms with Crippen LogP contribution >= 0.6 is 7.82 Å². The summed E-state index contributed by atoms with van der Waals surface area (Å²) in [5.74, 6) is -0.220. The van der Waals surface area contributed by atoms with Crippen LogP contribution in [0.5, 0.6) is 0 Å². The number of aliphatic hydroxyl groups is 1. The summed E-state index contributed by atoms with van der Waals surface area (Å²) < 4.78 is 23.4. The Hall–Kier alpha value is -3.88. The summed E-state index contributed by atoms with van der Waals surface area (Å²) in [5, 5.41) is 13.7. The van der Waals surface area contributed by atoms with Crippen LogP contribution in [-0.4, -0.2) is 73.4 Å². The summed E-state index contributed by atoms with van der Waals surface area (Å²) in [5.41, 5.74) is 0. The highest BCUT2D eigenvalue weighted by Gasteiger charge is 2.27. The van der Waals surface area contributed by atoms with E-state index in [-0.39, 0.29) is 19.1 Å². The largest absolute Gasteiger partial charge is 0.472 e. The predicted molar refractivity (Wildman–Crippen MR) is 294 cm³/mol. The molecule has 0 rings (SSSR count). The van der Waals surface area contributed by atoms with Crippen LogP contribution in [0.2, 0.25) is 0 Å². The molecule has 9 heteroatoms. The molecule has 0 radical (unpaired) electrons. The van der Waals surface area contributed by atoms with Gasteiger partial charge in [0.05, 0.1) is 39.9 Å². The third kappa shape index (κ3) is 50.0. The minimum absolute atomic E-state index is 0.0424. The molecule has 0 spiro atoms. The fraction of sp³-hybridized carbons (Fsp3) is 0.542. The van der Waals surface area contributed by atoms with Crippen LogP contribution < -0.4 is 5.32 Å². The second-order valence-electron chi connectivity index (χ2n) is 17.8. The molecule has 0 saturated heterocycles. The molecule has 3 atom stereocenters. The third-order valence-corrected chi connectivity index (χ3v) is 11.2. The van der Waals surface area contributed by atoms with E-state index < -0.39 is 20.0 Å². The first-order chi connectivity index (χ1) is 33.0. The first kappa shape index (κ1) is 64.1. The minimum atomic E-state index is -4.35. The van der Waals surface area contributed by atoms with Crippen LogP contribution in [0.25, 0.3) is 0 Å². The monoisotopic (exact) mass is 960 g/mol. The van der Waals surface area contributed by atoms with Gasteiger partial charge in [0.1, 0.15) is 13.2 Å². The van der Waals surface area contributed by atoms with Crippen molar-refractivity contribution < 1.29 is 32.9 Å². The predicted octanol–water partition coefficient (Wildman–Crippen LogP) is 15.5. The van der Waals surface area contributed by atoms with E-state index in [1.807, 2.05) is 27.2 Å². The SMILES string of the molecule is CC/C=C\C/C=C\C/C=C\C/C=C\C/C=C\C/C=C\C/C=C\C/C=C\C/C=C\C/C=C\C/C=C\CCCCCCCC(=O)NC(COP(=O)(O)OCC[N+](C)(C)C)C(O)/C=C/CC/C=C/CCC. The van der Waals surface area contributed by atoms with Crippen molar-refractivity contribution in [1.82, 2.24) is 5.32 Å². The van der Waals surface area contributed by atoms with Gasteiger partial charge in [0.15, 0.2) is 0 Å². The van der Waals surface area contributed by atoms with E-state index in [9.17, 15) is 19.4 Å². The van der Waals surface area contributed by atoms with Gasteiger partial charge in [0.2, 0.25) is 5.91 Å². The molecule has 3 N–H and O–H groups in total. The maximum Gasteiger partial charge on any atom is 0.472 e. The number of phosphoric ester groups is 1. The Morgan fingerprint density at radius 3 is 1.34 bits per heavy atom. The summed E-state index contributed by atoms with van der Waals surface area (Å²) in [6.45, 7) is 4.51. The van der Waals surface area contributed by atoms with Gasteiger partial charge in [-0.15, -0.1) is 0 Å². The Labute approximate surface area is 416 Å². The Morgan fingerprint density at radius 2 is 0.897 bits per heavy atom. The highest BCUT2D eigenvalue weighted by atomic mass is 31.2. The molecule has 1 amide bonds. The van der Waals surface area contributed by atoms with E-state index in [0.717, 1.165) is 135 Å². The molecule has 0 aromatic carbocycles. The van der Waals surface area contributed by atoms with Crippen molar-refractivity contribution in [3.05, 3.63) is 158 Å². The number of hydrogen-bond donors (Lipinski definition) is 3. The maximum atomic E-state index is 12.8. The number of amides is 1. The fourth-order valence-electron chi connectivity index (χ4n) is 6.18. The Morgan fingerprint density at radius 1 is 0.515 bits per heavy atom. The van der Waals surface area contributed by atoms with Crippen molar-refractivity contribution in [2.45, 2.75) is 167 Å². The summed E-state index contributed by atoms with van der Waals surface area (Å²) in [6.07, 6.45) is 76.6. The number of hydrogen-bond acceptors (Lipinski definition) is 5. The first-order valence-corrected chi connectivity index (χ1v) is 27.4. The molecule has 68 heavy (non-hydrogen) atoms. The lowest BCUT2D eigenvalue weighted by atomic mass is 10.1. The van der Waals surface area contributed by atoms with Gasteiger partial charge < -0.3 is 19.8 Å². The van der Waals surface area contributed by atoms with E-state index in [2.05, 4.69) is 165 Å². The van der Waals surface area contributed by atoms with E-state index in [1.165, 1.54) is 0 Å². The summed E-state index contributed by atoms with van der Waals surface area (Å²) >= 11 is 0. The van der Waals surface area contributed by atoms with Crippen molar-refractivity contribution in [2.24, 2.45) is 0 Å². The molecule has 0 aromatic heterocycles. The second kappa shape index (κ2) is 48.2. The molecule has 0 aliphatic carbocycles. The van der Waals surface area contributed by atoms with E-state index >= 15 is 0 Å². The van der Waals surface area contributed by atoms with Crippen molar-refractivity contribution in [3.63, 3.8) is 0 Å². The van der Waals surface area contributed by atoms with Crippen molar-refractivity contribution in [2.75, 3.05) is 40.9 Å². The van der Waals surface area contributed by atoms with Gasteiger partial charge in [0, 0.05) is 6.42 Å². The van der Waals surface area contributed by atoms with Gasteiger partial charge in [-0.1, -0.05) is 198 Å². The number of carbonyl (C=O) groups excluding carboxylic acids is 1. The fourth-order valence-corrected chi connectivity index (χ4v) is 6.92. The van der Waals surface area contributed by atoms with E-state index in [4.69, 9.17) is 9.05 Å². The lowest BCUT2D eigenvalue weighted by molar-refractivity contribution is -0.870. The van der Waals surface area contributed by atoms with Gasteiger partial charge in [-0.3, -0.25) is 13.8 Å². The molecular weight excluding hydrogens is 864 g/mol. The second-order valence-corrected chi connectivity index (χ2v) is 19.3. The summed E-state index contributed by atoms with van der Waals surface area (Å²) in [7, 11) is 1.51. The number of unbranched alkanes of at least 4 members (excludes halogenated alkanes) is 7. The number of nitrogens with zero attached hydrogens (tertiary/aromatic N) is 1. The normalized spacial score (nSPS) is 15.3. The smallest absolute Gasteiger partial charge is 0.387 e. The maximum absolute atomic E-state index is 12.8. The van der Waals surface area contributed by atoms with Crippen LogP contribution in [0.4, 0.5) is 0 Å². The first-order valence-electron chi connectivity index (χ1n) is 25.9. The molecule has 0 heterocycles. The van der Waals surface area contributed by atoms with Crippen molar-refractivity contribution in [1.29, 1.82) is 0 Å². The summed E-state index contributed by atoms with van der Waals surface area (Å²) in [4.78, 5) is 23.0. The van der Waals surface area contributed by atoms with E-state index in [0.29, 0.717) is 17.4 Å². The molecule has 0 aromatic rings. The highest BCUT2D eigenvalue weighted by Crippen LogP contribution is 2.43. The Balaban J connectivity index is 4.11. The average molecular weight is 960 g/mol. The molecule has 382 valence electrons. The van der Waals surface area contributed by atoms with Crippen LogP contribution in [0.1, 0.15) is 155 Å². The molecule has 3 unspecified atom stereocenters. The lowest BCUT2D eigenvalue weighted by Gasteiger charge is -2.25. The van der Waals surface area contributed by atoms with Gasteiger partial charge in [-0.25, -0.2) is 4.57 Å². The van der Waals surface area contributed by atoms with Crippen molar-refractivity contribution in [3.8, 4) is 0 Å². The molecule has 0 fully saturated rings. The number of carbonyl (C=O) groups is 1. The Bertz CT molecular complexity index is 1650. The minimum Gasteiger partial charge on any atom is -0.387 e. The van der Waals surface area contributed by atoms with Crippen molar-refractivity contribution >= 4 is 13.7 Å².